The van der Waals surface area contributed by atoms with Crippen LogP contribution < -0.4 is 9.62 Å². The number of aryl methyl sites for hydroxylation is 1. The highest BCUT2D eigenvalue weighted by atomic mass is 32.2. The number of carbonyl (C=O) groups is 1. The second-order valence-electron chi connectivity index (χ2n) is 7.83. The lowest BCUT2D eigenvalue weighted by Gasteiger charge is -2.26. The fourth-order valence-electron chi connectivity index (χ4n) is 3.26. The van der Waals surface area contributed by atoms with Gasteiger partial charge in [-0.3, -0.25) is 9.10 Å². The van der Waals surface area contributed by atoms with Crippen LogP contribution in [0.25, 0.3) is 0 Å². The Balaban J connectivity index is 2.32. The van der Waals surface area contributed by atoms with Crippen LogP contribution in [-0.2, 0) is 10.0 Å². The molecule has 1 amide bonds. The van der Waals surface area contributed by atoms with Gasteiger partial charge in [0, 0.05) is 18.7 Å². The zero-order valence-corrected chi connectivity index (χ0v) is 18.2. The fourth-order valence-corrected chi connectivity index (χ4v) is 4.49. The van der Waals surface area contributed by atoms with Gasteiger partial charge in [-0.2, -0.15) is 0 Å². The zero-order chi connectivity index (χ0) is 21.1. The maximum absolute atomic E-state index is 13.1. The number of anilines is 1. The Labute approximate surface area is 168 Å². The van der Waals surface area contributed by atoms with Gasteiger partial charge in [-0.1, -0.05) is 45.9 Å². The summed E-state index contributed by atoms with van der Waals surface area (Å²) in [5.41, 5.74) is 1.89. The predicted octanol–water partition coefficient (Wildman–Crippen LogP) is 4.23. The first-order valence-corrected chi connectivity index (χ1v) is 10.9. The summed E-state index contributed by atoms with van der Waals surface area (Å²) in [6.45, 7) is 10.1. The molecule has 0 fully saturated rings. The van der Waals surface area contributed by atoms with Gasteiger partial charge < -0.3 is 5.32 Å². The van der Waals surface area contributed by atoms with Crippen molar-refractivity contribution in [3.63, 3.8) is 0 Å². The SMILES string of the molecule is Cc1cccc(N(C)S(=O)(=O)c2cccc(C(=O)NC(C(C)C)C(C)C)c2)c1. The molecular weight excluding hydrogens is 372 g/mol. The van der Waals surface area contributed by atoms with Crippen molar-refractivity contribution in [1.82, 2.24) is 5.32 Å². The average Bonchev–Trinajstić information content (AvgIpc) is 2.64. The van der Waals surface area contributed by atoms with Crippen LogP contribution in [0, 0.1) is 18.8 Å². The molecule has 0 aliphatic rings. The van der Waals surface area contributed by atoms with E-state index in [0.29, 0.717) is 11.3 Å². The third kappa shape index (κ3) is 4.93. The van der Waals surface area contributed by atoms with Crippen molar-refractivity contribution in [2.75, 3.05) is 11.4 Å². The summed E-state index contributed by atoms with van der Waals surface area (Å²) in [6, 6.07) is 13.5. The standard InChI is InChI=1S/C22H30N2O3S/c1-15(2)21(16(3)4)23-22(25)18-10-8-12-20(14-18)28(26,27)24(6)19-11-7-9-17(5)13-19/h7-16,21H,1-6H3,(H,23,25). The normalized spacial score (nSPS) is 11.9. The highest BCUT2D eigenvalue weighted by molar-refractivity contribution is 7.92. The number of benzene rings is 2. The molecule has 0 atom stereocenters. The van der Waals surface area contributed by atoms with Gasteiger partial charge in [0.25, 0.3) is 15.9 Å². The molecule has 0 saturated heterocycles. The summed E-state index contributed by atoms with van der Waals surface area (Å²) in [6.07, 6.45) is 0. The van der Waals surface area contributed by atoms with Crippen molar-refractivity contribution < 1.29 is 13.2 Å². The Hall–Kier alpha value is -2.34. The topological polar surface area (TPSA) is 66.5 Å². The molecule has 0 aliphatic heterocycles. The molecule has 0 spiro atoms. The smallest absolute Gasteiger partial charge is 0.264 e. The molecule has 1 N–H and O–H groups in total. The second-order valence-corrected chi connectivity index (χ2v) is 9.80. The van der Waals surface area contributed by atoms with Crippen LogP contribution in [0.4, 0.5) is 5.69 Å². The molecule has 2 aromatic rings. The Morgan fingerprint density at radius 1 is 0.964 bits per heavy atom. The number of nitrogens with one attached hydrogen (secondary N) is 1. The largest absolute Gasteiger partial charge is 0.349 e. The molecular formula is C22H30N2O3S. The van der Waals surface area contributed by atoms with Crippen LogP contribution >= 0.6 is 0 Å². The van der Waals surface area contributed by atoms with Crippen LogP contribution in [0.1, 0.15) is 43.6 Å². The highest BCUT2D eigenvalue weighted by Gasteiger charge is 2.24. The zero-order valence-electron chi connectivity index (χ0n) is 17.4. The van der Waals surface area contributed by atoms with Crippen LogP contribution in [0.2, 0.25) is 0 Å². The van der Waals surface area contributed by atoms with Crippen LogP contribution in [0.5, 0.6) is 0 Å². The van der Waals surface area contributed by atoms with E-state index >= 15 is 0 Å². The first-order valence-electron chi connectivity index (χ1n) is 9.50. The van der Waals surface area contributed by atoms with Crippen LogP contribution in [-0.4, -0.2) is 27.4 Å². The predicted molar refractivity (Wildman–Crippen MR) is 114 cm³/mol. The summed E-state index contributed by atoms with van der Waals surface area (Å²) >= 11 is 0. The molecule has 5 nitrogen and oxygen atoms in total. The van der Waals surface area contributed by atoms with E-state index in [0.717, 1.165) is 5.56 Å². The van der Waals surface area contributed by atoms with Crippen molar-refractivity contribution in [2.24, 2.45) is 11.8 Å². The van der Waals surface area contributed by atoms with Gasteiger partial charge in [-0.05, 0) is 54.7 Å². The lowest BCUT2D eigenvalue weighted by molar-refractivity contribution is 0.0910. The van der Waals surface area contributed by atoms with E-state index in [-0.39, 0.29) is 28.7 Å². The van der Waals surface area contributed by atoms with Gasteiger partial charge in [0.15, 0.2) is 0 Å². The molecule has 0 radical (unpaired) electrons. The van der Waals surface area contributed by atoms with E-state index < -0.39 is 10.0 Å². The summed E-state index contributed by atoms with van der Waals surface area (Å²) in [5, 5.41) is 3.03. The van der Waals surface area contributed by atoms with Crippen LogP contribution in [0.15, 0.2) is 53.4 Å². The highest BCUT2D eigenvalue weighted by Crippen LogP contribution is 2.23. The summed E-state index contributed by atoms with van der Waals surface area (Å²) in [7, 11) is -2.25. The number of hydrogen-bond donors (Lipinski definition) is 1. The number of rotatable bonds is 7. The van der Waals surface area contributed by atoms with E-state index in [4.69, 9.17) is 0 Å². The Bertz CT molecular complexity index is 928. The molecule has 152 valence electrons. The van der Waals surface area contributed by atoms with E-state index in [1.165, 1.54) is 23.5 Å². The van der Waals surface area contributed by atoms with E-state index in [1.54, 1.807) is 18.2 Å². The van der Waals surface area contributed by atoms with Gasteiger partial charge in [0.2, 0.25) is 0 Å². The van der Waals surface area contributed by atoms with Gasteiger partial charge >= 0.3 is 0 Å². The summed E-state index contributed by atoms with van der Waals surface area (Å²) in [4.78, 5) is 12.8. The third-order valence-corrected chi connectivity index (χ3v) is 6.64. The number of carbonyl (C=O) groups excluding carboxylic acids is 1. The maximum Gasteiger partial charge on any atom is 0.264 e. The Morgan fingerprint density at radius 3 is 2.14 bits per heavy atom. The van der Waals surface area contributed by atoms with Gasteiger partial charge in [0.1, 0.15) is 0 Å². The van der Waals surface area contributed by atoms with E-state index in [1.807, 2.05) is 25.1 Å². The summed E-state index contributed by atoms with van der Waals surface area (Å²) in [5.74, 6) is 0.300. The number of hydrogen-bond acceptors (Lipinski definition) is 3. The first-order chi connectivity index (χ1) is 13.0. The lowest BCUT2D eigenvalue weighted by Crippen LogP contribution is -2.42. The average molecular weight is 403 g/mol. The number of nitrogens with zero attached hydrogens (tertiary/aromatic N) is 1. The molecule has 0 saturated carbocycles. The molecule has 0 aliphatic carbocycles. The van der Waals surface area contributed by atoms with Crippen molar-refractivity contribution in [2.45, 2.75) is 45.6 Å². The molecule has 2 aromatic carbocycles. The van der Waals surface area contributed by atoms with Crippen molar-refractivity contribution in [1.29, 1.82) is 0 Å². The molecule has 0 bridgehead atoms. The van der Waals surface area contributed by atoms with Crippen LogP contribution in [0.3, 0.4) is 0 Å². The van der Waals surface area contributed by atoms with Crippen molar-refractivity contribution >= 4 is 21.6 Å². The molecule has 0 heterocycles. The first kappa shape index (κ1) is 22.0. The minimum absolute atomic E-state index is 0.0164. The Kier molecular flexibility index (Phi) is 6.88. The fraction of sp³-hybridized carbons (Fsp3) is 0.409. The molecule has 0 unspecified atom stereocenters. The number of sulfonamides is 1. The van der Waals surface area contributed by atoms with Gasteiger partial charge in [0.05, 0.1) is 10.6 Å². The third-order valence-electron chi connectivity index (χ3n) is 4.85. The maximum atomic E-state index is 13.1. The minimum atomic E-state index is -3.77. The molecule has 6 heteroatoms. The van der Waals surface area contributed by atoms with Crippen molar-refractivity contribution in [3.05, 3.63) is 59.7 Å². The van der Waals surface area contributed by atoms with Crippen molar-refractivity contribution in [3.8, 4) is 0 Å². The minimum Gasteiger partial charge on any atom is -0.349 e. The molecule has 0 aromatic heterocycles. The second kappa shape index (κ2) is 8.78. The monoisotopic (exact) mass is 402 g/mol. The van der Waals surface area contributed by atoms with Gasteiger partial charge in [-0.25, -0.2) is 8.42 Å². The quantitative estimate of drug-likeness (QED) is 0.754. The molecule has 2 rings (SSSR count). The van der Waals surface area contributed by atoms with Gasteiger partial charge in [-0.15, -0.1) is 0 Å². The number of amides is 1. The van der Waals surface area contributed by atoms with E-state index in [2.05, 4.69) is 33.0 Å². The molecule has 28 heavy (non-hydrogen) atoms. The Morgan fingerprint density at radius 2 is 1.57 bits per heavy atom. The summed E-state index contributed by atoms with van der Waals surface area (Å²) < 4.78 is 27.3. The van der Waals surface area contributed by atoms with E-state index in [9.17, 15) is 13.2 Å². The lowest BCUT2D eigenvalue weighted by atomic mass is 9.93.